The van der Waals surface area contributed by atoms with E-state index < -0.39 is 16.2 Å². The molecule has 0 aromatic heterocycles. The van der Waals surface area contributed by atoms with Crippen LogP contribution >= 0.6 is 15.9 Å². The van der Waals surface area contributed by atoms with Crippen LogP contribution in [0.15, 0.2) is 0 Å². The second-order valence-electron chi connectivity index (χ2n) is 2.71. The first-order chi connectivity index (χ1) is 3.40. The number of rotatable bonds is 0. The van der Waals surface area contributed by atoms with Gasteiger partial charge < -0.3 is 0 Å². The summed E-state index contributed by atoms with van der Waals surface area (Å²) in [5.74, 6) is -2.48. The summed E-state index contributed by atoms with van der Waals surface area (Å²) in [6.45, 7) is 3.10. The highest BCUT2D eigenvalue weighted by Gasteiger charge is 2.74. The molecule has 48 valence electrons. The van der Waals surface area contributed by atoms with Gasteiger partial charge >= 0.3 is 0 Å². The van der Waals surface area contributed by atoms with Gasteiger partial charge in [-0.05, 0) is 0 Å². The molecule has 0 N–H and O–H groups in total. The van der Waals surface area contributed by atoms with Crippen LogP contribution in [0.1, 0.15) is 13.8 Å². The van der Waals surface area contributed by atoms with Crippen molar-refractivity contribution in [2.75, 3.05) is 0 Å². The van der Waals surface area contributed by atoms with Crippen LogP contribution in [0.2, 0.25) is 0 Å². The van der Waals surface area contributed by atoms with Gasteiger partial charge in [-0.2, -0.15) is 0 Å². The highest BCUT2D eigenvalue weighted by atomic mass is 79.9. The molecule has 1 rings (SSSR count). The maximum absolute atomic E-state index is 12.3. The van der Waals surface area contributed by atoms with Gasteiger partial charge in [-0.25, -0.2) is 8.78 Å². The molecule has 1 saturated carbocycles. The van der Waals surface area contributed by atoms with Crippen LogP contribution in [0.3, 0.4) is 0 Å². The van der Waals surface area contributed by atoms with E-state index in [1.54, 1.807) is 13.8 Å². The van der Waals surface area contributed by atoms with E-state index in [0.29, 0.717) is 0 Å². The van der Waals surface area contributed by atoms with E-state index in [0.717, 1.165) is 0 Å². The van der Waals surface area contributed by atoms with Crippen LogP contribution in [0, 0.1) is 5.41 Å². The fourth-order valence-electron chi connectivity index (χ4n) is 0.599. The SMILES string of the molecule is CC1(C)C(Br)C1(F)F. The maximum Gasteiger partial charge on any atom is 0.267 e. The summed E-state index contributed by atoms with van der Waals surface area (Å²) in [6.07, 6.45) is 0. The third-order valence-corrected chi connectivity index (χ3v) is 3.45. The Labute approximate surface area is 55.4 Å². The average molecular weight is 185 g/mol. The van der Waals surface area contributed by atoms with Crippen LogP contribution in [-0.4, -0.2) is 10.7 Å². The second kappa shape index (κ2) is 1.25. The predicted molar refractivity (Wildman–Crippen MR) is 31.4 cm³/mol. The van der Waals surface area contributed by atoms with Crippen molar-refractivity contribution in [3.05, 3.63) is 0 Å². The quantitative estimate of drug-likeness (QED) is 0.508. The van der Waals surface area contributed by atoms with Gasteiger partial charge in [0.05, 0.1) is 4.83 Å². The monoisotopic (exact) mass is 184 g/mol. The van der Waals surface area contributed by atoms with E-state index in [1.165, 1.54) is 0 Å². The first-order valence-electron chi connectivity index (χ1n) is 2.42. The largest absolute Gasteiger partial charge is 0.267 e. The predicted octanol–water partition coefficient (Wildman–Crippen LogP) is 2.43. The summed E-state index contributed by atoms with van der Waals surface area (Å²) in [6, 6.07) is 0. The van der Waals surface area contributed by atoms with Gasteiger partial charge in [-0.3, -0.25) is 0 Å². The summed E-state index contributed by atoms with van der Waals surface area (Å²) in [4.78, 5) is -0.609. The molecule has 1 fully saturated rings. The fraction of sp³-hybridized carbons (Fsp3) is 1.00. The molecule has 1 aliphatic carbocycles. The van der Waals surface area contributed by atoms with E-state index in [9.17, 15) is 8.78 Å². The van der Waals surface area contributed by atoms with E-state index in [4.69, 9.17) is 0 Å². The van der Waals surface area contributed by atoms with E-state index in [2.05, 4.69) is 15.9 Å². The second-order valence-corrected chi connectivity index (χ2v) is 3.62. The minimum atomic E-state index is -2.48. The Morgan fingerprint density at radius 2 is 1.50 bits per heavy atom. The summed E-state index contributed by atoms with van der Waals surface area (Å²) < 4.78 is 24.5. The average Bonchev–Trinajstić information content (AvgIpc) is 1.88. The Hall–Kier alpha value is 0.340. The minimum Gasteiger partial charge on any atom is -0.205 e. The van der Waals surface area contributed by atoms with Crippen LogP contribution in [-0.2, 0) is 0 Å². The summed E-state index contributed by atoms with van der Waals surface area (Å²) in [7, 11) is 0. The van der Waals surface area contributed by atoms with Crippen LogP contribution in [0.4, 0.5) is 8.78 Å². The third-order valence-electron chi connectivity index (χ3n) is 1.73. The Morgan fingerprint density at radius 1 is 1.38 bits per heavy atom. The lowest BCUT2D eigenvalue weighted by atomic mass is 10.2. The molecule has 1 unspecified atom stereocenters. The Bertz CT molecular complexity index is 106. The first-order valence-corrected chi connectivity index (χ1v) is 3.34. The third kappa shape index (κ3) is 0.483. The molecule has 0 spiro atoms. The summed E-state index contributed by atoms with van der Waals surface area (Å²) in [5.41, 5.74) is -0.812. The molecule has 1 aliphatic rings. The minimum absolute atomic E-state index is 0.609. The van der Waals surface area contributed by atoms with Crippen molar-refractivity contribution in [2.24, 2.45) is 5.41 Å². The normalized spacial score (nSPS) is 39.4. The van der Waals surface area contributed by atoms with Gasteiger partial charge in [0, 0.05) is 5.41 Å². The van der Waals surface area contributed by atoms with Gasteiger partial charge in [0.1, 0.15) is 0 Å². The van der Waals surface area contributed by atoms with Crippen molar-refractivity contribution in [1.29, 1.82) is 0 Å². The number of hydrogen-bond donors (Lipinski definition) is 0. The van der Waals surface area contributed by atoms with Crippen LogP contribution in [0.25, 0.3) is 0 Å². The van der Waals surface area contributed by atoms with Crippen molar-refractivity contribution in [1.82, 2.24) is 0 Å². The first kappa shape index (κ1) is 6.46. The Kier molecular flexibility index (Phi) is 1.01. The zero-order valence-electron chi connectivity index (χ0n) is 4.71. The molecule has 8 heavy (non-hydrogen) atoms. The molecule has 0 aromatic carbocycles. The zero-order valence-corrected chi connectivity index (χ0v) is 6.30. The van der Waals surface area contributed by atoms with Crippen molar-refractivity contribution in [2.45, 2.75) is 24.6 Å². The molecule has 0 heterocycles. The standard InChI is InChI=1S/C5H7BrF2/c1-4(2)3(6)5(4,7)8/h3H,1-2H3. The van der Waals surface area contributed by atoms with Crippen molar-refractivity contribution in [3.63, 3.8) is 0 Å². The highest BCUT2D eigenvalue weighted by molar-refractivity contribution is 9.09. The van der Waals surface area contributed by atoms with E-state index in [1.807, 2.05) is 0 Å². The molecule has 0 aliphatic heterocycles. The van der Waals surface area contributed by atoms with E-state index >= 15 is 0 Å². The van der Waals surface area contributed by atoms with E-state index in [-0.39, 0.29) is 0 Å². The molecular formula is C5H7BrF2. The Balaban J connectivity index is 2.72. The molecule has 0 nitrogen and oxygen atoms in total. The molecule has 3 heteroatoms. The summed E-state index contributed by atoms with van der Waals surface area (Å²) in [5, 5.41) is 0. The van der Waals surface area contributed by atoms with Crippen molar-refractivity contribution in [3.8, 4) is 0 Å². The fourth-order valence-corrected chi connectivity index (χ4v) is 1.36. The lowest BCUT2D eigenvalue weighted by Gasteiger charge is -1.95. The van der Waals surface area contributed by atoms with Gasteiger partial charge in [0.2, 0.25) is 0 Å². The molecule has 0 amide bonds. The topological polar surface area (TPSA) is 0 Å². The van der Waals surface area contributed by atoms with Gasteiger partial charge in [0.25, 0.3) is 5.92 Å². The Morgan fingerprint density at radius 3 is 1.50 bits per heavy atom. The lowest BCUT2D eigenvalue weighted by molar-refractivity contribution is 0.0773. The molecule has 0 bridgehead atoms. The zero-order chi connectivity index (χ0) is 6.58. The molecule has 0 aromatic rings. The highest BCUT2D eigenvalue weighted by Crippen LogP contribution is 2.63. The van der Waals surface area contributed by atoms with Gasteiger partial charge in [-0.15, -0.1) is 0 Å². The van der Waals surface area contributed by atoms with Crippen LogP contribution in [0.5, 0.6) is 0 Å². The molecule has 0 saturated heterocycles. The van der Waals surface area contributed by atoms with Gasteiger partial charge in [0.15, 0.2) is 0 Å². The number of alkyl halides is 3. The number of halogens is 3. The lowest BCUT2D eigenvalue weighted by Crippen LogP contribution is -1.99. The van der Waals surface area contributed by atoms with Crippen molar-refractivity contribution < 1.29 is 8.78 Å². The van der Waals surface area contributed by atoms with Gasteiger partial charge in [-0.1, -0.05) is 29.8 Å². The smallest absolute Gasteiger partial charge is 0.205 e. The maximum atomic E-state index is 12.3. The van der Waals surface area contributed by atoms with Crippen molar-refractivity contribution >= 4 is 15.9 Å². The van der Waals surface area contributed by atoms with Crippen LogP contribution < -0.4 is 0 Å². The molecule has 1 atom stereocenters. The molecular weight excluding hydrogens is 178 g/mol. The number of hydrogen-bond acceptors (Lipinski definition) is 0. The summed E-state index contributed by atoms with van der Waals surface area (Å²) >= 11 is 2.88. The molecule has 0 radical (unpaired) electrons.